The summed E-state index contributed by atoms with van der Waals surface area (Å²) in [6.07, 6.45) is 0. The van der Waals surface area contributed by atoms with E-state index in [0.29, 0.717) is 17.0 Å². The number of aromatic hydroxyl groups is 2. The van der Waals surface area contributed by atoms with Gasteiger partial charge in [-0.15, -0.1) is 0 Å². The molecule has 0 spiro atoms. The molecule has 0 amide bonds. The number of phenols is 2. The third kappa shape index (κ3) is 2.28. The first-order chi connectivity index (χ1) is 10.6. The third-order valence-corrected chi connectivity index (χ3v) is 3.23. The smallest absolute Gasteiger partial charge is 0.348 e. The Hall–Kier alpha value is -3.22. The minimum Gasteiger partial charge on any atom is -0.508 e. The van der Waals surface area contributed by atoms with Crippen LogP contribution in [0.5, 0.6) is 17.2 Å². The quantitative estimate of drug-likeness (QED) is 0.682. The lowest BCUT2D eigenvalue weighted by Gasteiger charge is -2.08. The maximum Gasteiger partial charge on any atom is 0.348 e. The van der Waals surface area contributed by atoms with Crippen molar-refractivity contribution in [2.45, 2.75) is 0 Å². The summed E-state index contributed by atoms with van der Waals surface area (Å²) < 4.78 is 6.41. The molecular weight excluding hydrogens is 286 g/mol. The van der Waals surface area contributed by atoms with Gasteiger partial charge in [0.15, 0.2) is 5.82 Å². The molecule has 1 aromatic heterocycles. The molecule has 0 bridgehead atoms. The van der Waals surface area contributed by atoms with Gasteiger partial charge >= 0.3 is 5.69 Å². The van der Waals surface area contributed by atoms with Gasteiger partial charge in [0, 0.05) is 6.07 Å². The highest BCUT2D eigenvalue weighted by Gasteiger charge is 2.16. The molecule has 0 atom stereocenters. The van der Waals surface area contributed by atoms with Gasteiger partial charge in [-0.2, -0.15) is 5.10 Å². The SMILES string of the molecule is COc1ccc(-n2c(-c3ccc(O)cc3O)n[nH]c2=O)cc1. The molecule has 22 heavy (non-hydrogen) atoms. The molecular formula is C15H13N3O4. The monoisotopic (exact) mass is 299 g/mol. The topological polar surface area (TPSA) is 100 Å². The Labute approximate surface area is 125 Å². The van der Waals surface area contributed by atoms with Crippen LogP contribution in [0.4, 0.5) is 0 Å². The fourth-order valence-corrected chi connectivity index (χ4v) is 2.16. The van der Waals surface area contributed by atoms with Crippen LogP contribution in [-0.2, 0) is 0 Å². The predicted octanol–water partition coefficient (Wildman–Crippen LogP) is 1.65. The maximum absolute atomic E-state index is 12.0. The van der Waals surface area contributed by atoms with Gasteiger partial charge in [0.1, 0.15) is 17.2 Å². The Morgan fingerprint density at radius 2 is 1.86 bits per heavy atom. The molecule has 0 aliphatic rings. The number of phenolic OH excluding ortho intramolecular Hbond substituents is 2. The van der Waals surface area contributed by atoms with Crippen LogP contribution in [0.2, 0.25) is 0 Å². The molecule has 3 aromatic rings. The molecule has 0 aliphatic heterocycles. The van der Waals surface area contributed by atoms with Crippen LogP contribution in [0.15, 0.2) is 47.3 Å². The van der Waals surface area contributed by atoms with E-state index in [0.717, 1.165) is 0 Å². The number of H-pyrrole nitrogens is 1. The highest BCUT2D eigenvalue weighted by molar-refractivity contribution is 5.66. The number of aromatic nitrogens is 3. The van der Waals surface area contributed by atoms with Gasteiger partial charge in [0.2, 0.25) is 0 Å². The maximum atomic E-state index is 12.0. The molecule has 112 valence electrons. The van der Waals surface area contributed by atoms with Crippen molar-refractivity contribution in [3.8, 4) is 34.3 Å². The number of benzene rings is 2. The highest BCUT2D eigenvalue weighted by atomic mass is 16.5. The first kappa shape index (κ1) is 13.7. The zero-order valence-corrected chi connectivity index (χ0v) is 11.6. The first-order valence-electron chi connectivity index (χ1n) is 6.44. The number of nitrogens with zero attached hydrogens (tertiary/aromatic N) is 2. The lowest BCUT2D eigenvalue weighted by molar-refractivity contribution is 0.414. The molecule has 2 aromatic carbocycles. The minimum absolute atomic E-state index is 0.0740. The number of hydrogen-bond donors (Lipinski definition) is 3. The Morgan fingerprint density at radius 3 is 2.50 bits per heavy atom. The molecule has 0 fully saturated rings. The van der Waals surface area contributed by atoms with Crippen LogP contribution < -0.4 is 10.4 Å². The fourth-order valence-electron chi connectivity index (χ4n) is 2.16. The minimum atomic E-state index is -0.437. The lowest BCUT2D eigenvalue weighted by atomic mass is 10.1. The van der Waals surface area contributed by atoms with E-state index in [1.165, 1.54) is 22.8 Å². The molecule has 3 N–H and O–H groups in total. The Morgan fingerprint density at radius 1 is 1.14 bits per heavy atom. The first-order valence-corrected chi connectivity index (χ1v) is 6.44. The molecule has 0 saturated heterocycles. The average Bonchev–Trinajstić information content (AvgIpc) is 2.89. The standard InChI is InChI=1S/C15H13N3O4/c1-22-11-5-2-9(3-6-11)18-14(16-17-15(18)21)12-7-4-10(19)8-13(12)20/h2-8,19-20H,1H3,(H,17,21). The number of nitrogens with one attached hydrogen (secondary N) is 1. The van der Waals surface area contributed by atoms with E-state index in [4.69, 9.17) is 4.74 Å². The lowest BCUT2D eigenvalue weighted by Crippen LogP contribution is -2.15. The van der Waals surface area contributed by atoms with E-state index >= 15 is 0 Å². The Kier molecular flexibility index (Phi) is 3.30. The van der Waals surface area contributed by atoms with Crippen molar-refractivity contribution in [3.63, 3.8) is 0 Å². The summed E-state index contributed by atoms with van der Waals surface area (Å²) in [7, 11) is 1.55. The third-order valence-electron chi connectivity index (χ3n) is 3.23. The summed E-state index contributed by atoms with van der Waals surface area (Å²) >= 11 is 0. The second-order valence-corrected chi connectivity index (χ2v) is 4.59. The molecule has 0 unspecified atom stereocenters. The molecule has 0 aliphatic carbocycles. The van der Waals surface area contributed by atoms with Crippen molar-refractivity contribution >= 4 is 0 Å². The van der Waals surface area contributed by atoms with Gasteiger partial charge in [-0.25, -0.2) is 14.5 Å². The molecule has 3 rings (SSSR count). The zero-order valence-electron chi connectivity index (χ0n) is 11.6. The van der Waals surface area contributed by atoms with Crippen molar-refractivity contribution in [3.05, 3.63) is 52.9 Å². The van der Waals surface area contributed by atoms with Crippen molar-refractivity contribution < 1.29 is 14.9 Å². The van der Waals surface area contributed by atoms with Crippen LogP contribution in [0, 0.1) is 0 Å². The molecule has 0 radical (unpaired) electrons. The average molecular weight is 299 g/mol. The van der Waals surface area contributed by atoms with Crippen LogP contribution in [0.25, 0.3) is 17.1 Å². The summed E-state index contributed by atoms with van der Waals surface area (Å²) in [5.74, 6) is 0.658. The van der Waals surface area contributed by atoms with Crippen LogP contribution in [0.1, 0.15) is 0 Å². The van der Waals surface area contributed by atoms with Gasteiger partial charge in [-0.05, 0) is 36.4 Å². The predicted molar refractivity (Wildman–Crippen MR) is 79.5 cm³/mol. The van der Waals surface area contributed by atoms with Gasteiger partial charge in [-0.3, -0.25) is 0 Å². The second kappa shape index (κ2) is 5.28. The van der Waals surface area contributed by atoms with Crippen LogP contribution in [0.3, 0.4) is 0 Å². The van der Waals surface area contributed by atoms with E-state index in [-0.39, 0.29) is 17.3 Å². The number of aromatic amines is 1. The molecule has 7 nitrogen and oxygen atoms in total. The largest absolute Gasteiger partial charge is 0.508 e. The van der Waals surface area contributed by atoms with Gasteiger partial charge in [0.25, 0.3) is 0 Å². The summed E-state index contributed by atoms with van der Waals surface area (Å²) in [5, 5.41) is 25.6. The van der Waals surface area contributed by atoms with Gasteiger partial charge < -0.3 is 14.9 Å². The van der Waals surface area contributed by atoms with Crippen molar-refractivity contribution in [2.24, 2.45) is 0 Å². The number of ether oxygens (including phenoxy) is 1. The van der Waals surface area contributed by atoms with E-state index in [1.54, 1.807) is 31.4 Å². The summed E-state index contributed by atoms with van der Waals surface area (Å²) in [5.41, 5.74) is 0.460. The van der Waals surface area contributed by atoms with E-state index in [1.807, 2.05) is 0 Å². The van der Waals surface area contributed by atoms with E-state index in [9.17, 15) is 15.0 Å². The molecule has 0 saturated carbocycles. The van der Waals surface area contributed by atoms with Crippen LogP contribution in [-0.4, -0.2) is 32.1 Å². The Bertz CT molecular complexity index is 865. The van der Waals surface area contributed by atoms with Crippen molar-refractivity contribution in [2.75, 3.05) is 7.11 Å². The number of methoxy groups -OCH3 is 1. The summed E-state index contributed by atoms with van der Waals surface area (Å²) in [4.78, 5) is 12.0. The zero-order chi connectivity index (χ0) is 15.7. The van der Waals surface area contributed by atoms with Gasteiger partial charge in [-0.1, -0.05) is 0 Å². The summed E-state index contributed by atoms with van der Waals surface area (Å²) in [6.45, 7) is 0. The van der Waals surface area contributed by atoms with Crippen LogP contribution >= 0.6 is 0 Å². The van der Waals surface area contributed by atoms with Crippen molar-refractivity contribution in [1.82, 2.24) is 14.8 Å². The summed E-state index contributed by atoms with van der Waals surface area (Å²) in [6, 6.07) is 10.9. The number of rotatable bonds is 3. The van der Waals surface area contributed by atoms with E-state index in [2.05, 4.69) is 10.2 Å². The number of hydrogen-bond acceptors (Lipinski definition) is 5. The van der Waals surface area contributed by atoms with E-state index < -0.39 is 5.69 Å². The Balaban J connectivity index is 2.16. The normalized spacial score (nSPS) is 10.6. The second-order valence-electron chi connectivity index (χ2n) is 4.59. The van der Waals surface area contributed by atoms with Gasteiger partial charge in [0.05, 0.1) is 18.4 Å². The fraction of sp³-hybridized carbons (Fsp3) is 0.0667. The molecule has 7 heteroatoms. The highest BCUT2D eigenvalue weighted by Crippen LogP contribution is 2.31. The molecule has 1 heterocycles. The van der Waals surface area contributed by atoms with Crippen molar-refractivity contribution in [1.29, 1.82) is 0 Å².